The van der Waals surface area contributed by atoms with Crippen molar-refractivity contribution in [3.8, 4) is 5.75 Å². The Morgan fingerprint density at radius 2 is 1.52 bits per heavy atom. The third-order valence-electron chi connectivity index (χ3n) is 4.33. The number of carbonyl (C=O) groups excluding carboxylic acids is 3. The fourth-order valence-corrected chi connectivity index (χ4v) is 3.36. The van der Waals surface area contributed by atoms with Crippen LogP contribution < -0.4 is 15.4 Å². The van der Waals surface area contributed by atoms with Crippen molar-refractivity contribution in [1.82, 2.24) is 0 Å². The first-order valence-electron chi connectivity index (χ1n) is 9.84. The Labute approximate surface area is 200 Å². The van der Waals surface area contributed by atoms with E-state index in [1.807, 2.05) is 0 Å². The molecule has 0 aliphatic heterocycles. The van der Waals surface area contributed by atoms with Gasteiger partial charge in [-0.1, -0.05) is 47.5 Å². The van der Waals surface area contributed by atoms with Crippen LogP contribution in [0.2, 0.25) is 10.0 Å². The van der Waals surface area contributed by atoms with Crippen molar-refractivity contribution in [2.24, 2.45) is 0 Å². The van der Waals surface area contributed by atoms with Crippen LogP contribution in [-0.2, 0) is 25.5 Å². The third kappa shape index (κ3) is 7.24. The lowest BCUT2D eigenvalue weighted by atomic mass is 10.1. The molecule has 9 heteroatoms. The molecule has 0 heterocycles. The van der Waals surface area contributed by atoms with Gasteiger partial charge in [-0.2, -0.15) is 0 Å². The zero-order valence-corrected chi connectivity index (χ0v) is 19.1. The van der Waals surface area contributed by atoms with E-state index in [1.54, 1.807) is 54.6 Å². The lowest BCUT2D eigenvalue weighted by molar-refractivity contribution is -0.153. The fraction of sp³-hybridized carbons (Fsp3) is 0.125. The molecule has 7 nitrogen and oxygen atoms in total. The van der Waals surface area contributed by atoms with Crippen LogP contribution in [0.3, 0.4) is 0 Å². The molecular formula is C24H20Cl2N2O5. The van der Waals surface area contributed by atoms with Gasteiger partial charge in [0.15, 0.2) is 6.61 Å². The molecule has 0 saturated carbocycles. The number of halogens is 2. The monoisotopic (exact) mass is 486 g/mol. The number of nitrogens with one attached hydrogen (secondary N) is 2. The van der Waals surface area contributed by atoms with Crippen molar-refractivity contribution in [2.45, 2.75) is 13.3 Å². The highest BCUT2D eigenvalue weighted by Gasteiger charge is 2.14. The molecule has 0 aliphatic carbocycles. The number of rotatable bonds is 8. The first-order valence-corrected chi connectivity index (χ1v) is 10.6. The van der Waals surface area contributed by atoms with Gasteiger partial charge in [-0.05, 0) is 48.0 Å². The summed E-state index contributed by atoms with van der Waals surface area (Å²) in [5.74, 6) is -1.29. The molecule has 3 aromatic carbocycles. The van der Waals surface area contributed by atoms with Gasteiger partial charge in [0.25, 0.3) is 0 Å². The summed E-state index contributed by atoms with van der Waals surface area (Å²) in [5.41, 5.74) is 2.36. The van der Waals surface area contributed by atoms with E-state index in [0.29, 0.717) is 32.7 Å². The summed E-state index contributed by atoms with van der Waals surface area (Å²) in [6.07, 6.45) is -0.0794. The van der Waals surface area contributed by atoms with Gasteiger partial charge in [0.1, 0.15) is 5.75 Å². The van der Waals surface area contributed by atoms with Crippen LogP contribution in [-0.4, -0.2) is 24.5 Å². The smallest absolute Gasteiger partial charge is 0.349 e. The van der Waals surface area contributed by atoms with Crippen molar-refractivity contribution in [2.75, 3.05) is 17.2 Å². The van der Waals surface area contributed by atoms with Crippen LogP contribution in [0, 0.1) is 0 Å². The average Bonchev–Trinajstić information content (AvgIpc) is 2.77. The summed E-state index contributed by atoms with van der Waals surface area (Å²) >= 11 is 12.4. The Morgan fingerprint density at radius 3 is 2.18 bits per heavy atom. The van der Waals surface area contributed by atoms with Crippen LogP contribution in [0.5, 0.6) is 5.75 Å². The molecule has 3 rings (SSSR count). The highest BCUT2D eigenvalue weighted by molar-refractivity contribution is 6.39. The Kier molecular flexibility index (Phi) is 8.29. The van der Waals surface area contributed by atoms with Gasteiger partial charge in [-0.25, -0.2) is 4.79 Å². The number of amides is 1. The summed E-state index contributed by atoms with van der Waals surface area (Å²) in [5, 5.41) is 6.62. The largest absolute Gasteiger partial charge is 0.453 e. The van der Waals surface area contributed by atoms with E-state index < -0.39 is 18.5 Å². The number of ether oxygens (including phenoxy) is 2. The van der Waals surface area contributed by atoms with Crippen molar-refractivity contribution >= 4 is 58.1 Å². The van der Waals surface area contributed by atoms with Crippen molar-refractivity contribution in [3.63, 3.8) is 0 Å². The minimum absolute atomic E-state index is 0.0794. The van der Waals surface area contributed by atoms with E-state index in [4.69, 9.17) is 32.7 Å². The molecule has 0 aromatic heterocycles. The van der Waals surface area contributed by atoms with Gasteiger partial charge in [0.2, 0.25) is 5.91 Å². The topological polar surface area (TPSA) is 93.7 Å². The van der Waals surface area contributed by atoms with Gasteiger partial charge in [0.05, 0.1) is 22.2 Å². The molecule has 3 aromatic rings. The lowest BCUT2D eigenvalue weighted by Gasteiger charge is -2.14. The first-order chi connectivity index (χ1) is 15.8. The molecule has 33 heavy (non-hydrogen) atoms. The molecule has 170 valence electrons. The third-order valence-corrected chi connectivity index (χ3v) is 4.96. The highest BCUT2D eigenvalue weighted by atomic mass is 35.5. The summed E-state index contributed by atoms with van der Waals surface area (Å²) in [7, 11) is 0. The molecule has 0 aliphatic rings. The number of carbonyl (C=O) groups is 3. The number of para-hydroxylation sites is 2. The van der Waals surface area contributed by atoms with Crippen LogP contribution in [0.15, 0.2) is 66.7 Å². The summed E-state index contributed by atoms with van der Waals surface area (Å²) < 4.78 is 10.2. The maximum absolute atomic E-state index is 12.3. The SMILES string of the molecule is CC(=O)Nc1ccc(OC(=O)COC(=O)Cc2ccccc2Nc2c(Cl)cccc2Cl)cc1. The quantitative estimate of drug-likeness (QED) is 0.327. The number of hydrogen-bond donors (Lipinski definition) is 2. The van der Waals surface area contributed by atoms with E-state index in [2.05, 4.69) is 10.6 Å². The Balaban J connectivity index is 1.55. The predicted octanol–water partition coefficient (Wildman–Crippen LogP) is 5.39. The average molecular weight is 487 g/mol. The van der Waals surface area contributed by atoms with E-state index in [0.717, 1.165) is 0 Å². The van der Waals surface area contributed by atoms with Gasteiger partial charge < -0.3 is 20.1 Å². The number of anilines is 3. The maximum atomic E-state index is 12.3. The van der Waals surface area contributed by atoms with E-state index in [-0.39, 0.29) is 18.1 Å². The maximum Gasteiger partial charge on any atom is 0.349 e. The standard InChI is InChI=1S/C24H20Cl2N2O5/c1-15(29)27-17-9-11-18(12-10-17)33-23(31)14-32-22(30)13-16-5-2-3-8-21(16)28-24-19(25)6-4-7-20(24)26/h2-12,28H,13-14H2,1H3,(H,27,29). The normalized spacial score (nSPS) is 10.3. The van der Waals surface area contributed by atoms with Crippen molar-refractivity contribution in [3.05, 3.63) is 82.3 Å². The fourth-order valence-electron chi connectivity index (χ4n) is 2.86. The molecule has 2 N–H and O–H groups in total. The van der Waals surface area contributed by atoms with E-state index in [1.165, 1.54) is 19.1 Å². The Morgan fingerprint density at radius 1 is 0.848 bits per heavy atom. The number of benzene rings is 3. The molecular weight excluding hydrogens is 467 g/mol. The number of esters is 2. The minimum Gasteiger partial charge on any atom is -0.453 e. The second-order valence-electron chi connectivity index (χ2n) is 6.90. The summed E-state index contributed by atoms with van der Waals surface area (Å²) in [6.45, 7) is 0.848. The van der Waals surface area contributed by atoms with Crippen LogP contribution in [0.25, 0.3) is 0 Å². The molecule has 0 atom stereocenters. The van der Waals surface area contributed by atoms with Gasteiger partial charge in [0, 0.05) is 18.3 Å². The zero-order valence-electron chi connectivity index (χ0n) is 17.6. The second-order valence-corrected chi connectivity index (χ2v) is 7.71. The Bertz CT molecular complexity index is 1150. The number of hydrogen-bond acceptors (Lipinski definition) is 6. The zero-order chi connectivity index (χ0) is 23.8. The van der Waals surface area contributed by atoms with Gasteiger partial charge in [-0.3, -0.25) is 9.59 Å². The summed E-state index contributed by atoms with van der Waals surface area (Å²) in [6, 6.07) is 18.5. The molecule has 1 amide bonds. The van der Waals surface area contributed by atoms with Gasteiger partial charge >= 0.3 is 11.9 Å². The Hall–Kier alpha value is -3.55. The molecule has 0 radical (unpaired) electrons. The first kappa shape index (κ1) is 24.1. The molecule has 0 bridgehead atoms. The molecule has 0 unspecified atom stereocenters. The van der Waals surface area contributed by atoms with Crippen molar-refractivity contribution < 1.29 is 23.9 Å². The van der Waals surface area contributed by atoms with E-state index >= 15 is 0 Å². The summed E-state index contributed by atoms with van der Waals surface area (Å²) in [4.78, 5) is 35.3. The lowest BCUT2D eigenvalue weighted by Crippen LogP contribution is -2.20. The molecule has 0 fully saturated rings. The van der Waals surface area contributed by atoms with Crippen LogP contribution in [0.1, 0.15) is 12.5 Å². The van der Waals surface area contributed by atoms with Crippen LogP contribution in [0.4, 0.5) is 17.1 Å². The van der Waals surface area contributed by atoms with Crippen molar-refractivity contribution in [1.29, 1.82) is 0 Å². The molecule has 0 spiro atoms. The highest BCUT2D eigenvalue weighted by Crippen LogP contribution is 2.33. The second kappa shape index (κ2) is 11.4. The molecule has 0 saturated heterocycles. The minimum atomic E-state index is -0.732. The van der Waals surface area contributed by atoms with Crippen LogP contribution >= 0.6 is 23.2 Å². The van der Waals surface area contributed by atoms with Gasteiger partial charge in [-0.15, -0.1) is 0 Å². The predicted molar refractivity (Wildman–Crippen MR) is 127 cm³/mol. The van der Waals surface area contributed by atoms with E-state index in [9.17, 15) is 14.4 Å².